The fraction of sp³-hybridized carbons (Fsp3) is 0.154. The standard InChI is InChI=1S/C13H11N3OS/c1-9-4-6-18-13(9)16-12(17)7-11(15-16)10-3-2-5-14-8-10/h2-6,8H,7H2,1H3. The molecule has 0 spiro atoms. The lowest BCUT2D eigenvalue weighted by Crippen LogP contribution is -2.19. The molecule has 3 heterocycles. The van der Waals surface area contributed by atoms with Gasteiger partial charge in [-0.25, -0.2) is 0 Å². The number of carbonyl (C=O) groups is 1. The molecule has 0 aromatic carbocycles. The Labute approximate surface area is 109 Å². The van der Waals surface area contributed by atoms with Gasteiger partial charge in [0, 0.05) is 18.0 Å². The molecule has 5 heteroatoms. The van der Waals surface area contributed by atoms with Crippen LogP contribution in [0.3, 0.4) is 0 Å². The normalized spacial score (nSPS) is 15.1. The number of aryl methyl sites for hydroxylation is 1. The van der Waals surface area contributed by atoms with E-state index in [-0.39, 0.29) is 5.91 Å². The number of carbonyl (C=O) groups excluding carboxylic acids is 1. The van der Waals surface area contributed by atoms with Gasteiger partial charge in [-0.3, -0.25) is 9.78 Å². The average Bonchev–Trinajstić information content (AvgIpc) is 2.96. The summed E-state index contributed by atoms with van der Waals surface area (Å²) < 4.78 is 0. The van der Waals surface area contributed by atoms with Crippen LogP contribution in [0.5, 0.6) is 0 Å². The number of anilines is 1. The first-order valence-electron chi connectivity index (χ1n) is 5.60. The van der Waals surface area contributed by atoms with E-state index >= 15 is 0 Å². The number of hydrogen-bond acceptors (Lipinski definition) is 4. The van der Waals surface area contributed by atoms with E-state index < -0.39 is 0 Å². The van der Waals surface area contributed by atoms with Crippen molar-refractivity contribution < 1.29 is 4.79 Å². The Kier molecular flexibility index (Phi) is 2.68. The van der Waals surface area contributed by atoms with Gasteiger partial charge in [-0.05, 0) is 36.1 Å². The highest BCUT2D eigenvalue weighted by Crippen LogP contribution is 2.30. The molecule has 0 saturated heterocycles. The van der Waals surface area contributed by atoms with Gasteiger partial charge in [-0.15, -0.1) is 11.3 Å². The van der Waals surface area contributed by atoms with Gasteiger partial charge in [0.1, 0.15) is 5.00 Å². The summed E-state index contributed by atoms with van der Waals surface area (Å²) in [5, 5.41) is 8.79. The molecular weight excluding hydrogens is 246 g/mol. The van der Waals surface area contributed by atoms with Crippen LogP contribution < -0.4 is 5.01 Å². The predicted octanol–water partition coefficient (Wildman–Crippen LogP) is 2.59. The van der Waals surface area contributed by atoms with E-state index in [0.29, 0.717) is 6.42 Å². The van der Waals surface area contributed by atoms with Crippen molar-refractivity contribution in [2.24, 2.45) is 5.10 Å². The molecule has 3 rings (SSSR count). The third-order valence-electron chi connectivity index (χ3n) is 2.80. The number of nitrogens with zero attached hydrogens (tertiary/aromatic N) is 3. The summed E-state index contributed by atoms with van der Waals surface area (Å²) in [5.74, 6) is 0.0133. The minimum absolute atomic E-state index is 0.0133. The van der Waals surface area contributed by atoms with Crippen LogP contribution in [0.1, 0.15) is 17.5 Å². The summed E-state index contributed by atoms with van der Waals surface area (Å²) in [7, 11) is 0. The summed E-state index contributed by atoms with van der Waals surface area (Å²) in [4.78, 5) is 16.1. The molecule has 1 amide bonds. The second kappa shape index (κ2) is 4.34. The van der Waals surface area contributed by atoms with Crippen LogP contribution in [0.15, 0.2) is 41.1 Å². The molecule has 0 atom stereocenters. The topological polar surface area (TPSA) is 45.6 Å². The number of amides is 1. The highest BCUT2D eigenvalue weighted by molar-refractivity contribution is 7.14. The third-order valence-corrected chi connectivity index (χ3v) is 3.79. The highest BCUT2D eigenvalue weighted by Gasteiger charge is 2.27. The summed E-state index contributed by atoms with van der Waals surface area (Å²) in [6.45, 7) is 1.98. The molecule has 0 aliphatic carbocycles. The van der Waals surface area contributed by atoms with Gasteiger partial charge < -0.3 is 0 Å². The molecular formula is C13H11N3OS. The van der Waals surface area contributed by atoms with E-state index in [0.717, 1.165) is 21.8 Å². The van der Waals surface area contributed by atoms with Gasteiger partial charge in [-0.1, -0.05) is 0 Å². The summed E-state index contributed by atoms with van der Waals surface area (Å²) >= 11 is 1.53. The van der Waals surface area contributed by atoms with Crippen molar-refractivity contribution in [1.29, 1.82) is 0 Å². The Bertz CT molecular complexity index is 618. The molecule has 18 heavy (non-hydrogen) atoms. The van der Waals surface area contributed by atoms with Crippen molar-refractivity contribution in [3.63, 3.8) is 0 Å². The van der Waals surface area contributed by atoms with Gasteiger partial charge in [0.05, 0.1) is 12.1 Å². The fourth-order valence-electron chi connectivity index (χ4n) is 1.86. The molecule has 0 N–H and O–H groups in total. The van der Waals surface area contributed by atoms with E-state index in [4.69, 9.17) is 0 Å². The predicted molar refractivity (Wildman–Crippen MR) is 71.9 cm³/mol. The van der Waals surface area contributed by atoms with Crippen LogP contribution in [0.4, 0.5) is 5.00 Å². The lowest BCUT2D eigenvalue weighted by atomic mass is 10.1. The van der Waals surface area contributed by atoms with Gasteiger partial charge in [0.15, 0.2) is 0 Å². The smallest absolute Gasteiger partial charge is 0.254 e. The lowest BCUT2D eigenvalue weighted by Gasteiger charge is -2.09. The second-order valence-electron chi connectivity index (χ2n) is 4.08. The fourth-order valence-corrected chi connectivity index (χ4v) is 2.76. The maximum Gasteiger partial charge on any atom is 0.254 e. The van der Waals surface area contributed by atoms with Gasteiger partial charge in [-0.2, -0.15) is 10.1 Å². The van der Waals surface area contributed by atoms with Crippen molar-refractivity contribution in [1.82, 2.24) is 4.98 Å². The number of hydrogen-bond donors (Lipinski definition) is 0. The molecule has 90 valence electrons. The number of aromatic nitrogens is 1. The van der Waals surface area contributed by atoms with Crippen molar-refractivity contribution in [2.45, 2.75) is 13.3 Å². The highest BCUT2D eigenvalue weighted by atomic mass is 32.1. The zero-order valence-electron chi connectivity index (χ0n) is 9.83. The van der Waals surface area contributed by atoms with E-state index in [9.17, 15) is 4.79 Å². The Hall–Kier alpha value is -2.01. The van der Waals surface area contributed by atoms with Crippen LogP contribution >= 0.6 is 11.3 Å². The van der Waals surface area contributed by atoms with Crippen molar-refractivity contribution >= 4 is 28.0 Å². The maximum absolute atomic E-state index is 12.0. The van der Waals surface area contributed by atoms with E-state index in [1.807, 2.05) is 30.5 Å². The van der Waals surface area contributed by atoms with Crippen molar-refractivity contribution in [3.8, 4) is 0 Å². The monoisotopic (exact) mass is 257 g/mol. The summed E-state index contributed by atoms with van der Waals surface area (Å²) in [6.07, 6.45) is 3.78. The van der Waals surface area contributed by atoms with Crippen LogP contribution in [0, 0.1) is 6.92 Å². The third kappa shape index (κ3) is 1.82. The molecule has 0 bridgehead atoms. The van der Waals surface area contributed by atoms with Crippen LogP contribution in [0.25, 0.3) is 0 Å². The molecule has 0 radical (unpaired) electrons. The summed E-state index contributed by atoms with van der Waals surface area (Å²) in [5.41, 5.74) is 2.76. The minimum Gasteiger partial charge on any atom is -0.272 e. The zero-order valence-corrected chi connectivity index (χ0v) is 10.6. The molecule has 0 saturated carbocycles. The van der Waals surface area contributed by atoms with Crippen molar-refractivity contribution in [3.05, 3.63) is 47.1 Å². The van der Waals surface area contributed by atoms with Crippen LogP contribution in [-0.2, 0) is 4.79 Å². The van der Waals surface area contributed by atoms with Crippen LogP contribution in [-0.4, -0.2) is 16.6 Å². The van der Waals surface area contributed by atoms with Gasteiger partial charge in [0.25, 0.3) is 5.91 Å². The number of pyridine rings is 1. The summed E-state index contributed by atoms with van der Waals surface area (Å²) in [6, 6.07) is 5.76. The Morgan fingerprint density at radius 1 is 1.39 bits per heavy atom. The van der Waals surface area contributed by atoms with Gasteiger partial charge in [0.2, 0.25) is 0 Å². The van der Waals surface area contributed by atoms with Crippen LogP contribution in [0.2, 0.25) is 0 Å². The Balaban J connectivity index is 1.97. The molecule has 1 aliphatic rings. The lowest BCUT2D eigenvalue weighted by molar-refractivity contribution is -0.116. The zero-order chi connectivity index (χ0) is 12.5. The van der Waals surface area contributed by atoms with Crippen molar-refractivity contribution in [2.75, 3.05) is 5.01 Å². The van der Waals surface area contributed by atoms with E-state index in [2.05, 4.69) is 10.1 Å². The molecule has 0 unspecified atom stereocenters. The number of rotatable bonds is 2. The average molecular weight is 257 g/mol. The second-order valence-corrected chi connectivity index (χ2v) is 4.97. The maximum atomic E-state index is 12.0. The first-order valence-corrected chi connectivity index (χ1v) is 6.48. The minimum atomic E-state index is 0.0133. The number of hydrazone groups is 1. The first kappa shape index (κ1) is 11.1. The van der Waals surface area contributed by atoms with Gasteiger partial charge >= 0.3 is 0 Å². The van der Waals surface area contributed by atoms with E-state index in [1.54, 1.807) is 12.4 Å². The first-order chi connectivity index (χ1) is 8.75. The Morgan fingerprint density at radius 2 is 2.28 bits per heavy atom. The molecule has 2 aromatic heterocycles. The largest absolute Gasteiger partial charge is 0.272 e. The molecule has 0 fully saturated rings. The molecule has 1 aliphatic heterocycles. The van der Waals surface area contributed by atoms with E-state index in [1.165, 1.54) is 16.3 Å². The number of thiophene rings is 1. The Morgan fingerprint density at radius 3 is 2.94 bits per heavy atom. The molecule has 2 aromatic rings. The molecule has 4 nitrogen and oxygen atoms in total. The SMILES string of the molecule is Cc1ccsc1N1N=C(c2cccnc2)CC1=O. The quantitative estimate of drug-likeness (QED) is 0.830.